The maximum atomic E-state index is 11.9. The van der Waals surface area contributed by atoms with Crippen LogP contribution >= 0.6 is 0 Å². The molecule has 0 aromatic carbocycles. The lowest BCUT2D eigenvalue weighted by atomic mass is 10.2. The van der Waals surface area contributed by atoms with Crippen molar-refractivity contribution in [1.82, 2.24) is 20.1 Å². The Balaban J connectivity index is 1.36. The standard InChI is InChI=1S/C17H25N5O3/c1-12-15-9-13(10-19-16(15)22(2)21-12)20-17(23)18-6-4-7-24-11-14-5-3-8-25-14/h9-10,14H,3-8,11H2,1-2H3,(H2,18,20,23)/t14-/m1/s1. The molecule has 136 valence electrons. The van der Waals surface area contributed by atoms with Crippen molar-refractivity contribution in [3.8, 4) is 0 Å². The van der Waals surface area contributed by atoms with Gasteiger partial charge in [0.1, 0.15) is 0 Å². The lowest BCUT2D eigenvalue weighted by Gasteiger charge is -2.10. The summed E-state index contributed by atoms with van der Waals surface area (Å²) in [6, 6.07) is 1.64. The fraction of sp³-hybridized carbons (Fsp3) is 0.588. The molecule has 0 bridgehead atoms. The molecule has 0 unspecified atom stereocenters. The third-order valence-electron chi connectivity index (χ3n) is 4.20. The second-order valence-electron chi connectivity index (χ2n) is 6.25. The molecule has 2 aromatic heterocycles. The average Bonchev–Trinajstić information content (AvgIpc) is 3.20. The SMILES string of the molecule is Cc1nn(C)c2ncc(NC(=O)NCCCOC[C@H]3CCCO3)cc12. The van der Waals surface area contributed by atoms with Gasteiger partial charge in [0.25, 0.3) is 0 Å². The molecule has 25 heavy (non-hydrogen) atoms. The normalized spacial score (nSPS) is 17.1. The lowest BCUT2D eigenvalue weighted by molar-refractivity contribution is 0.0168. The van der Waals surface area contributed by atoms with Crippen LogP contribution in [0.5, 0.6) is 0 Å². The minimum absolute atomic E-state index is 0.245. The van der Waals surface area contributed by atoms with E-state index in [0.717, 1.165) is 42.6 Å². The molecule has 1 atom stereocenters. The predicted molar refractivity (Wildman–Crippen MR) is 94.7 cm³/mol. The van der Waals surface area contributed by atoms with Crippen LogP contribution in [0, 0.1) is 6.92 Å². The first-order chi connectivity index (χ1) is 12.1. The Kier molecular flexibility index (Phi) is 5.83. The topological polar surface area (TPSA) is 90.3 Å². The van der Waals surface area contributed by atoms with Crippen LogP contribution in [0.1, 0.15) is 25.0 Å². The Hall–Kier alpha value is -2.19. The van der Waals surface area contributed by atoms with Gasteiger partial charge in [0, 0.05) is 32.2 Å². The molecule has 0 spiro atoms. The fourth-order valence-corrected chi connectivity index (χ4v) is 2.92. The van der Waals surface area contributed by atoms with Gasteiger partial charge in [0.15, 0.2) is 5.65 Å². The van der Waals surface area contributed by atoms with E-state index >= 15 is 0 Å². The molecule has 1 aliphatic heterocycles. The van der Waals surface area contributed by atoms with Crippen LogP contribution in [-0.2, 0) is 16.5 Å². The van der Waals surface area contributed by atoms with Gasteiger partial charge in [-0.2, -0.15) is 5.10 Å². The molecule has 1 fully saturated rings. The van der Waals surface area contributed by atoms with Gasteiger partial charge < -0.3 is 20.1 Å². The first-order valence-corrected chi connectivity index (χ1v) is 8.67. The number of fused-ring (bicyclic) bond motifs is 1. The molecule has 1 aliphatic rings. The van der Waals surface area contributed by atoms with Crippen molar-refractivity contribution in [2.75, 3.05) is 31.7 Å². The molecule has 0 radical (unpaired) electrons. The number of ether oxygens (including phenoxy) is 2. The highest BCUT2D eigenvalue weighted by Crippen LogP contribution is 2.19. The first-order valence-electron chi connectivity index (χ1n) is 8.67. The largest absolute Gasteiger partial charge is 0.379 e. The summed E-state index contributed by atoms with van der Waals surface area (Å²) in [5, 5.41) is 10.9. The van der Waals surface area contributed by atoms with Gasteiger partial charge in [-0.25, -0.2) is 9.78 Å². The van der Waals surface area contributed by atoms with E-state index in [0.29, 0.717) is 25.4 Å². The molecule has 2 N–H and O–H groups in total. The molecule has 2 amide bonds. The van der Waals surface area contributed by atoms with Crippen molar-refractivity contribution in [1.29, 1.82) is 0 Å². The minimum Gasteiger partial charge on any atom is -0.379 e. The number of amides is 2. The zero-order valence-corrected chi connectivity index (χ0v) is 14.7. The summed E-state index contributed by atoms with van der Waals surface area (Å²) >= 11 is 0. The Morgan fingerprint density at radius 3 is 3.20 bits per heavy atom. The quantitative estimate of drug-likeness (QED) is 0.748. The van der Waals surface area contributed by atoms with Crippen LogP contribution in [0.4, 0.5) is 10.5 Å². The van der Waals surface area contributed by atoms with Crippen LogP contribution in [0.3, 0.4) is 0 Å². The van der Waals surface area contributed by atoms with E-state index in [2.05, 4.69) is 20.7 Å². The summed E-state index contributed by atoms with van der Waals surface area (Å²) < 4.78 is 12.8. The Bertz CT molecular complexity index is 724. The number of aryl methyl sites for hydroxylation is 2. The number of carbonyl (C=O) groups excluding carboxylic acids is 1. The second-order valence-corrected chi connectivity index (χ2v) is 6.25. The second kappa shape index (κ2) is 8.26. The first kappa shape index (κ1) is 17.6. The number of nitrogens with zero attached hydrogens (tertiary/aromatic N) is 3. The van der Waals surface area contributed by atoms with E-state index in [-0.39, 0.29) is 12.1 Å². The highest BCUT2D eigenvalue weighted by atomic mass is 16.5. The number of nitrogens with one attached hydrogen (secondary N) is 2. The van der Waals surface area contributed by atoms with E-state index in [1.807, 2.05) is 20.0 Å². The number of hydrogen-bond donors (Lipinski definition) is 2. The number of pyridine rings is 1. The Labute approximate surface area is 146 Å². The van der Waals surface area contributed by atoms with Gasteiger partial charge in [-0.05, 0) is 32.3 Å². The number of anilines is 1. The summed E-state index contributed by atoms with van der Waals surface area (Å²) in [5.74, 6) is 0. The van der Waals surface area contributed by atoms with Crippen LogP contribution < -0.4 is 10.6 Å². The molecule has 8 heteroatoms. The predicted octanol–water partition coefficient (Wildman–Crippen LogP) is 1.98. The van der Waals surface area contributed by atoms with Gasteiger partial charge in [-0.3, -0.25) is 4.68 Å². The van der Waals surface area contributed by atoms with Crippen LogP contribution in [0.25, 0.3) is 11.0 Å². The highest BCUT2D eigenvalue weighted by molar-refractivity contribution is 5.91. The molecule has 8 nitrogen and oxygen atoms in total. The number of hydrogen-bond acceptors (Lipinski definition) is 5. The summed E-state index contributed by atoms with van der Waals surface area (Å²) in [4.78, 5) is 16.3. The van der Waals surface area contributed by atoms with E-state index in [9.17, 15) is 4.79 Å². The molecule has 1 saturated heterocycles. The van der Waals surface area contributed by atoms with Gasteiger partial charge in [0.2, 0.25) is 0 Å². The van der Waals surface area contributed by atoms with Crippen molar-refractivity contribution in [2.45, 2.75) is 32.3 Å². The average molecular weight is 347 g/mol. The fourth-order valence-electron chi connectivity index (χ4n) is 2.92. The Morgan fingerprint density at radius 1 is 1.52 bits per heavy atom. The van der Waals surface area contributed by atoms with Gasteiger partial charge >= 0.3 is 6.03 Å². The highest BCUT2D eigenvalue weighted by Gasteiger charge is 2.15. The molecule has 0 saturated carbocycles. The molecular weight excluding hydrogens is 322 g/mol. The molecule has 2 aromatic rings. The van der Waals surface area contributed by atoms with Crippen LogP contribution in [0.2, 0.25) is 0 Å². The summed E-state index contributed by atoms with van der Waals surface area (Å²) in [6.45, 7) is 4.57. The zero-order valence-electron chi connectivity index (χ0n) is 14.7. The van der Waals surface area contributed by atoms with Crippen LogP contribution in [0.15, 0.2) is 12.3 Å². The van der Waals surface area contributed by atoms with Crippen LogP contribution in [-0.4, -0.2) is 53.3 Å². The number of carbonyl (C=O) groups is 1. The maximum Gasteiger partial charge on any atom is 0.319 e. The van der Waals surface area contributed by atoms with E-state index < -0.39 is 0 Å². The minimum atomic E-state index is -0.248. The van der Waals surface area contributed by atoms with Gasteiger partial charge in [-0.15, -0.1) is 0 Å². The Morgan fingerprint density at radius 2 is 2.40 bits per heavy atom. The van der Waals surface area contributed by atoms with Crippen molar-refractivity contribution in [2.24, 2.45) is 7.05 Å². The van der Waals surface area contributed by atoms with E-state index in [1.165, 1.54) is 0 Å². The van der Waals surface area contributed by atoms with Crippen molar-refractivity contribution >= 4 is 22.8 Å². The van der Waals surface area contributed by atoms with Crippen molar-refractivity contribution in [3.05, 3.63) is 18.0 Å². The molecular formula is C17H25N5O3. The van der Waals surface area contributed by atoms with Gasteiger partial charge in [-0.1, -0.05) is 0 Å². The summed E-state index contributed by atoms with van der Waals surface area (Å²) in [7, 11) is 1.85. The third-order valence-corrected chi connectivity index (χ3v) is 4.20. The van der Waals surface area contributed by atoms with Crippen molar-refractivity contribution in [3.63, 3.8) is 0 Å². The third kappa shape index (κ3) is 4.67. The van der Waals surface area contributed by atoms with Gasteiger partial charge in [0.05, 0.1) is 30.3 Å². The molecule has 3 rings (SSSR count). The monoisotopic (exact) mass is 347 g/mol. The van der Waals surface area contributed by atoms with Crippen molar-refractivity contribution < 1.29 is 14.3 Å². The summed E-state index contributed by atoms with van der Waals surface area (Å²) in [5.41, 5.74) is 2.33. The van der Waals surface area contributed by atoms with E-state index in [4.69, 9.17) is 9.47 Å². The maximum absolute atomic E-state index is 11.9. The lowest BCUT2D eigenvalue weighted by Crippen LogP contribution is -2.30. The molecule has 3 heterocycles. The smallest absolute Gasteiger partial charge is 0.319 e. The number of urea groups is 1. The number of aromatic nitrogens is 3. The zero-order chi connectivity index (χ0) is 17.6. The number of rotatable bonds is 7. The molecule has 0 aliphatic carbocycles. The summed E-state index contributed by atoms with van der Waals surface area (Å²) in [6.07, 6.45) is 4.84. The van der Waals surface area contributed by atoms with E-state index in [1.54, 1.807) is 10.9 Å².